The molecule has 0 aliphatic carbocycles. The van der Waals surface area contributed by atoms with Gasteiger partial charge in [0.05, 0.1) is 5.57 Å². The average Bonchev–Trinajstić information content (AvgIpc) is 3.14. The molecule has 0 saturated heterocycles. The van der Waals surface area contributed by atoms with E-state index in [-0.39, 0.29) is 11.7 Å². The van der Waals surface area contributed by atoms with Gasteiger partial charge in [0.2, 0.25) is 5.95 Å². The number of hydrogen-bond donors (Lipinski definition) is 3. The molecule has 2 aromatic carbocycles. The number of aromatic hydroxyl groups is 1. The van der Waals surface area contributed by atoms with E-state index in [1.54, 1.807) is 28.9 Å². The van der Waals surface area contributed by atoms with Crippen LogP contribution in [0.1, 0.15) is 24.1 Å². The van der Waals surface area contributed by atoms with Crippen molar-refractivity contribution in [2.75, 3.05) is 5.32 Å². The van der Waals surface area contributed by atoms with Crippen molar-refractivity contribution in [1.82, 2.24) is 20.1 Å². The third kappa shape index (κ3) is 3.27. The van der Waals surface area contributed by atoms with Crippen LogP contribution in [0.5, 0.6) is 5.75 Å². The maximum atomic E-state index is 13.0. The van der Waals surface area contributed by atoms with Crippen molar-refractivity contribution in [2.24, 2.45) is 0 Å². The van der Waals surface area contributed by atoms with E-state index in [1.165, 1.54) is 6.33 Å². The lowest BCUT2D eigenvalue weighted by atomic mass is 9.95. The van der Waals surface area contributed by atoms with Crippen LogP contribution in [0.3, 0.4) is 0 Å². The highest BCUT2D eigenvalue weighted by molar-refractivity contribution is 5.96. The minimum absolute atomic E-state index is 0.169. The van der Waals surface area contributed by atoms with Crippen molar-refractivity contribution in [2.45, 2.75) is 19.5 Å². The third-order valence-electron chi connectivity index (χ3n) is 4.54. The number of phenolic OH excluding ortho intramolecular Hbond substituents is 1. The highest BCUT2D eigenvalue weighted by Gasteiger charge is 2.33. The summed E-state index contributed by atoms with van der Waals surface area (Å²) in [7, 11) is 0. The first-order valence-corrected chi connectivity index (χ1v) is 8.62. The Bertz CT molecular complexity index is 993. The first-order chi connectivity index (χ1) is 13.1. The Morgan fingerprint density at radius 2 is 1.93 bits per heavy atom. The van der Waals surface area contributed by atoms with Gasteiger partial charge in [0.1, 0.15) is 18.1 Å². The van der Waals surface area contributed by atoms with E-state index < -0.39 is 6.04 Å². The molecule has 0 unspecified atom stereocenters. The van der Waals surface area contributed by atoms with Crippen molar-refractivity contribution < 1.29 is 9.90 Å². The molecule has 0 bridgehead atoms. The number of rotatable bonds is 4. The Labute approximate surface area is 156 Å². The van der Waals surface area contributed by atoms with Gasteiger partial charge in [0.15, 0.2) is 0 Å². The summed E-state index contributed by atoms with van der Waals surface area (Å²) in [5.74, 6) is 0.565. The van der Waals surface area contributed by atoms with Gasteiger partial charge in [-0.05, 0) is 30.2 Å². The number of carbonyl (C=O) groups excluding carboxylic acids is 1. The van der Waals surface area contributed by atoms with Crippen molar-refractivity contribution in [1.29, 1.82) is 0 Å². The van der Waals surface area contributed by atoms with Crippen molar-refractivity contribution in [3.05, 3.63) is 83.3 Å². The number of nitrogens with zero attached hydrogens (tertiary/aromatic N) is 3. The van der Waals surface area contributed by atoms with Crippen LogP contribution < -0.4 is 10.6 Å². The van der Waals surface area contributed by atoms with E-state index in [2.05, 4.69) is 20.7 Å². The molecule has 3 aromatic rings. The number of anilines is 1. The van der Waals surface area contributed by atoms with Crippen molar-refractivity contribution in [3.63, 3.8) is 0 Å². The first kappa shape index (κ1) is 16.8. The number of carbonyl (C=O) groups is 1. The highest BCUT2D eigenvalue weighted by Crippen LogP contribution is 2.35. The smallest absolute Gasteiger partial charge is 0.251 e. The van der Waals surface area contributed by atoms with Gasteiger partial charge in [-0.3, -0.25) is 4.79 Å². The molecule has 0 fully saturated rings. The normalized spacial score (nSPS) is 15.8. The van der Waals surface area contributed by atoms with Gasteiger partial charge in [-0.1, -0.05) is 42.5 Å². The fourth-order valence-electron chi connectivity index (χ4n) is 3.22. The molecular formula is C20H19N5O2. The lowest BCUT2D eigenvalue weighted by Crippen LogP contribution is -2.34. The third-order valence-corrected chi connectivity index (χ3v) is 4.54. The van der Waals surface area contributed by atoms with Gasteiger partial charge in [0, 0.05) is 12.2 Å². The molecule has 4 rings (SSSR count). The summed E-state index contributed by atoms with van der Waals surface area (Å²) in [5, 5.41) is 20.0. The monoisotopic (exact) mass is 361 g/mol. The van der Waals surface area contributed by atoms with Crippen LogP contribution in [0.25, 0.3) is 0 Å². The quantitative estimate of drug-likeness (QED) is 0.664. The molecule has 3 N–H and O–H groups in total. The number of fused-ring (bicyclic) bond motifs is 1. The van der Waals surface area contributed by atoms with E-state index in [0.29, 0.717) is 18.1 Å². The molecule has 0 saturated carbocycles. The Morgan fingerprint density at radius 3 is 2.67 bits per heavy atom. The van der Waals surface area contributed by atoms with Crippen LogP contribution in [0.4, 0.5) is 5.95 Å². The van der Waals surface area contributed by atoms with Crippen LogP contribution in [-0.4, -0.2) is 25.8 Å². The summed E-state index contributed by atoms with van der Waals surface area (Å²) in [5.41, 5.74) is 3.15. The lowest BCUT2D eigenvalue weighted by Gasteiger charge is -2.28. The predicted molar refractivity (Wildman–Crippen MR) is 101 cm³/mol. The second kappa shape index (κ2) is 6.95. The molecule has 1 aromatic heterocycles. The molecule has 7 nitrogen and oxygen atoms in total. The number of aromatic nitrogens is 3. The van der Waals surface area contributed by atoms with Gasteiger partial charge in [-0.2, -0.15) is 10.1 Å². The molecule has 1 atom stereocenters. The zero-order chi connectivity index (χ0) is 18.8. The number of benzene rings is 2. The van der Waals surface area contributed by atoms with Gasteiger partial charge in [-0.25, -0.2) is 4.68 Å². The summed E-state index contributed by atoms with van der Waals surface area (Å²) in [6.07, 6.45) is 1.45. The topological polar surface area (TPSA) is 92.1 Å². The van der Waals surface area contributed by atoms with Crippen LogP contribution in [0.15, 0.2) is 72.2 Å². The Balaban J connectivity index is 1.67. The maximum Gasteiger partial charge on any atom is 0.251 e. The Morgan fingerprint density at radius 1 is 1.19 bits per heavy atom. The summed E-state index contributed by atoms with van der Waals surface area (Å²) in [6, 6.07) is 16.1. The Hall–Kier alpha value is -3.61. The zero-order valence-corrected chi connectivity index (χ0v) is 14.8. The van der Waals surface area contributed by atoms with E-state index in [9.17, 15) is 9.90 Å². The van der Waals surface area contributed by atoms with Crippen molar-refractivity contribution in [3.8, 4) is 5.75 Å². The fraction of sp³-hybridized carbons (Fsp3) is 0.150. The summed E-state index contributed by atoms with van der Waals surface area (Å²) in [4.78, 5) is 17.3. The lowest BCUT2D eigenvalue weighted by molar-refractivity contribution is -0.118. The highest BCUT2D eigenvalue weighted by atomic mass is 16.3. The number of amides is 1. The standard InChI is InChI=1S/C20H19N5O2/c1-13-17(19(27)21-11-14-5-3-2-4-6-14)18(15-7-9-16(26)10-8-15)25-20(24-13)22-12-23-25/h2-10,12,18,26H,11H2,1H3,(H,21,27)(H,22,23,24)/t18-/m1/s1. The molecule has 7 heteroatoms. The molecule has 1 aliphatic heterocycles. The summed E-state index contributed by atoms with van der Waals surface area (Å²) >= 11 is 0. The number of hydrogen-bond acceptors (Lipinski definition) is 5. The van der Waals surface area contributed by atoms with E-state index in [0.717, 1.165) is 16.8 Å². The van der Waals surface area contributed by atoms with E-state index >= 15 is 0 Å². The average molecular weight is 361 g/mol. The minimum atomic E-state index is -0.430. The van der Waals surface area contributed by atoms with Gasteiger partial charge >= 0.3 is 0 Å². The first-order valence-electron chi connectivity index (χ1n) is 8.62. The predicted octanol–water partition coefficient (Wildman–Crippen LogP) is 2.59. The second-order valence-corrected chi connectivity index (χ2v) is 6.35. The molecule has 1 aliphatic rings. The van der Waals surface area contributed by atoms with Gasteiger partial charge in [-0.15, -0.1) is 0 Å². The zero-order valence-electron chi connectivity index (χ0n) is 14.8. The van der Waals surface area contributed by atoms with Gasteiger partial charge in [0.25, 0.3) is 5.91 Å². The molecule has 0 radical (unpaired) electrons. The SMILES string of the molecule is CC1=C(C(=O)NCc2ccccc2)[C@@H](c2ccc(O)cc2)n2ncnc2N1. The second-order valence-electron chi connectivity index (χ2n) is 6.35. The Kier molecular flexibility index (Phi) is 4.33. The molecular weight excluding hydrogens is 342 g/mol. The van der Waals surface area contributed by atoms with Crippen LogP contribution in [0, 0.1) is 0 Å². The fourth-order valence-corrected chi connectivity index (χ4v) is 3.22. The van der Waals surface area contributed by atoms with Crippen molar-refractivity contribution >= 4 is 11.9 Å². The van der Waals surface area contributed by atoms with E-state index in [4.69, 9.17) is 0 Å². The largest absolute Gasteiger partial charge is 0.508 e. The van der Waals surface area contributed by atoms with Crippen LogP contribution in [-0.2, 0) is 11.3 Å². The van der Waals surface area contributed by atoms with Gasteiger partial charge < -0.3 is 15.7 Å². The molecule has 27 heavy (non-hydrogen) atoms. The molecule has 0 spiro atoms. The summed E-state index contributed by atoms with van der Waals surface area (Å²) in [6.45, 7) is 2.28. The number of allylic oxidation sites excluding steroid dienone is 1. The maximum absolute atomic E-state index is 13.0. The minimum Gasteiger partial charge on any atom is -0.508 e. The molecule has 2 heterocycles. The molecule has 136 valence electrons. The van der Waals surface area contributed by atoms with Crippen LogP contribution in [0.2, 0.25) is 0 Å². The number of phenols is 1. The van der Waals surface area contributed by atoms with E-state index in [1.807, 2.05) is 37.3 Å². The molecule has 1 amide bonds. The summed E-state index contributed by atoms with van der Waals surface area (Å²) < 4.78 is 1.68. The number of nitrogens with one attached hydrogen (secondary N) is 2. The van der Waals surface area contributed by atoms with Crippen LogP contribution >= 0.6 is 0 Å².